The second-order valence-electron chi connectivity index (χ2n) is 4.03. The van der Waals surface area contributed by atoms with Crippen LogP contribution in [0.5, 0.6) is 5.75 Å². The highest BCUT2D eigenvalue weighted by molar-refractivity contribution is 5.66. The van der Waals surface area contributed by atoms with Gasteiger partial charge in [-0.2, -0.15) is 0 Å². The first kappa shape index (κ1) is 12.6. The van der Waals surface area contributed by atoms with Crippen LogP contribution in [-0.2, 0) is 6.54 Å². The summed E-state index contributed by atoms with van der Waals surface area (Å²) in [6.07, 6.45) is 1.78. The van der Waals surface area contributed by atoms with E-state index in [1.54, 1.807) is 13.3 Å². The van der Waals surface area contributed by atoms with Crippen LogP contribution < -0.4 is 10.1 Å². The monoisotopic (exact) mass is 242 g/mol. The molecular weight excluding hydrogens is 224 g/mol. The molecule has 0 aliphatic heterocycles. The molecule has 1 aromatic carbocycles. The number of methoxy groups -OCH3 is 1. The van der Waals surface area contributed by atoms with Crippen LogP contribution in [0.2, 0.25) is 0 Å². The van der Waals surface area contributed by atoms with Crippen molar-refractivity contribution in [3.05, 3.63) is 48.2 Å². The highest BCUT2D eigenvalue weighted by atomic mass is 16.5. The van der Waals surface area contributed by atoms with Crippen LogP contribution in [0.3, 0.4) is 0 Å². The van der Waals surface area contributed by atoms with Crippen molar-refractivity contribution in [2.24, 2.45) is 0 Å². The molecule has 94 valence electrons. The number of aromatic nitrogens is 1. The molecule has 0 aliphatic carbocycles. The Kier molecular flexibility index (Phi) is 4.31. The fourth-order valence-corrected chi connectivity index (χ4v) is 1.82. The predicted molar refractivity (Wildman–Crippen MR) is 73.6 cm³/mol. The molecule has 1 heterocycles. The van der Waals surface area contributed by atoms with Gasteiger partial charge in [0, 0.05) is 18.3 Å². The zero-order chi connectivity index (χ0) is 12.8. The lowest BCUT2D eigenvalue weighted by Gasteiger charge is -2.08. The molecule has 0 spiro atoms. The number of ether oxygens (including phenoxy) is 1. The maximum atomic E-state index is 5.32. The molecular formula is C15H18N2O. The van der Waals surface area contributed by atoms with Gasteiger partial charge in [-0.3, -0.25) is 4.98 Å². The van der Waals surface area contributed by atoms with Crippen molar-refractivity contribution in [2.45, 2.75) is 13.5 Å². The summed E-state index contributed by atoms with van der Waals surface area (Å²) in [6.45, 7) is 3.99. The lowest BCUT2D eigenvalue weighted by Crippen LogP contribution is -2.11. The van der Waals surface area contributed by atoms with Gasteiger partial charge in [-0.05, 0) is 24.2 Å². The van der Waals surface area contributed by atoms with Crippen LogP contribution in [0.15, 0.2) is 42.6 Å². The van der Waals surface area contributed by atoms with Crippen molar-refractivity contribution in [2.75, 3.05) is 13.7 Å². The smallest absolute Gasteiger partial charge is 0.145 e. The molecule has 0 aliphatic rings. The summed E-state index contributed by atoms with van der Waals surface area (Å²) in [5.74, 6) is 0.803. The average Bonchev–Trinajstić information content (AvgIpc) is 2.45. The predicted octanol–water partition coefficient (Wildman–Crippen LogP) is 2.87. The number of hydrogen-bond acceptors (Lipinski definition) is 3. The largest absolute Gasteiger partial charge is 0.494 e. The van der Waals surface area contributed by atoms with Crippen LogP contribution in [0, 0.1) is 0 Å². The molecule has 0 radical (unpaired) electrons. The second kappa shape index (κ2) is 6.17. The Morgan fingerprint density at radius 2 is 1.94 bits per heavy atom. The molecule has 0 atom stereocenters. The van der Waals surface area contributed by atoms with E-state index in [9.17, 15) is 0 Å². The van der Waals surface area contributed by atoms with Gasteiger partial charge in [-0.15, -0.1) is 0 Å². The first-order valence-corrected chi connectivity index (χ1v) is 6.14. The topological polar surface area (TPSA) is 34.2 Å². The summed E-state index contributed by atoms with van der Waals surface area (Å²) in [5, 5.41) is 3.31. The molecule has 1 N–H and O–H groups in total. The first-order chi connectivity index (χ1) is 8.85. The molecule has 3 nitrogen and oxygen atoms in total. The number of benzene rings is 1. The highest BCUT2D eigenvalue weighted by Gasteiger charge is 2.05. The Morgan fingerprint density at radius 3 is 2.61 bits per heavy atom. The SMILES string of the molecule is CCNCc1ccc(-c2ncccc2OC)cc1. The molecule has 0 saturated carbocycles. The van der Waals surface area contributed by atoms with E-state index >= 15 is 0 Å². The molecule has 18 heavy (non-hydrogen) atoms. The number of rotatable bonds is 5. The van der Waals surface area contributed by atoms with Gasteiger partial charge in [0.05, 0.1) is 7.11 Å². The Balaban J connectivity index is 2.23. The molecule has 2 aromatic rings. The summed E-state index contributed by atoms with van der Waals surface area (Å²) >= 11 is 0. The minimum Gasteiger partial charge on any atom is -0.494 e. The van der Waals surface area contributed by atoms with E-state index in [1.165, 1.54) is 5.56 Å². The zero-order valence-electron chi connectivity index (χ0n) is 10.8. The first-order valence-electron chi connectivity index (χ1n) is 6.14. The van der Waals surface area contributed by atoms with Crippen LogP contribution in [0.4, 0.5) is 0 Å². The van der Waals surface area contributed by atoms with E-state index in [0.717, 1.165) is 30.1 Å². The third kappa shape index (κ3) is 2.87. The lowest BCUT2D eigenvalue weighted by atomic mass is 10.1. The summed E-state index contributed by atoms with van der Waals surface area (Å²) in [7, 11) is 1.67. The normalized spacial score (nSPS) is 10.3. The van der Waals surface area contributed by atoms with E-state index < -0.39 is 0 Å². The maximum absolute atomic E-state index is 5.32. The number of nitrogens with one attached hydrogen (secondary N) is 1. The van der Waals surface area contributed by atoms with Gasteiger partial charge in [0.15, 0.2) is 0 Å². The van der Waals surface area contributed by atoms with Crippen molar-refractivity contribution < 1.29 is 4.74 Å². The summed E-state index contributed by atoms with van der Waals surface area (Å²) in [5.41, 5.74) is 3.23. The molecule has 2 rings (SSSR count). The highest BCUT2D eigenvalue weighted by Crippen LogP contribution is 2.27. The summed E-state index contributed by atoms with van der Waals surface area (Å²) in [4.78, 5) is 4.37. The molecule has 1 aromatic heterocycles. The van der Waals surface area contributed by atoms with Gasteiger partial charge in [-0.1, -0.05) is 31.2 Å². The molecule has 0 amide bonds. The van der Waals surface area contributed by atoms with Crippen molar-refractivity contribution in [1.82, 2.24) is 10.3 Å². The van der Waals surface area contributed by atoms with E-state index in [2.05, 4.69) is 41.5 Å². The van der Waals surface area contributed by atoms with Gasteiger partial charge in [0.25, 0.3) is 0 Å². The van der Waals surface area contributed by atoms with Crippen LogP contribution in [0.1, 0.15) is 12.5 Å². The Morgan fingerprint density at radius 1 is 1.17 bits per heavy atom. The van der Waals surface area contributed by atoms with E-state index in [0.29, 0.717) is 0 Å². The summed E-state index contributed by atoms with van der Waals surface area (Å²) < 4.78 is 5.32. The third-order valence-electron chi connectivity index (χ3n) is 2.80. The minimum atomic E-state index is 0.803. The van der Waals surface area contributed by atoms with Gasteiger partial charge in [-0.25, -0.2) is 0 Å². The van der Waals surface area contributed by atoms with Crippen LogP contribution in [-0.4, -0.2) is 18.6 Å². The lowest BCUT2D eigenvalue weighted by molar-refractivity contribution is 0.415. The third-order valence-corrected chi connectivity index (χ3v) is 2.80. The van der Waals surface area contributed by atoms with Gasteiger partial charge < -0.3 is 10.1 Å². The molecule has 0 unspecified atom stereocenters. The van der Waals surface area contributed by atoms with Gasteiger partial charge >= 0.3 is 0 Å². The van der Waals surface area contributed by atoms with Crippen LogP contribution in [0.25, 0.3) is 11.3 Å². The summed E-state index contributed by atoms with van der Waals surface area (Å²) in [6, 6.07) is 12.2. The molecule has 0 saturated heterocycles. The van der Waals surface area contributed by atoms with Gasteiger partial charge in [0.1, 0.15) is 11.4 Å². The van der Waals surface area contributed by atoms with Crippen molar-refractivity contribution in [3.8, 4) is 17.0 Å². The average molecular weight is 242 g/mol. The van der Waals surface area contributed by atoms with Crippen molar-refractivity contribution in [3.63, 3.8) is 0 Å². The Hall–Kier alpha value is -1.87. The molecule has 3 heteroatoms. The number of nitrogens with zero attached hydrogens (tertiary/aromatic N) is 1. The zero-order valence-corrected chi connectivity index (χ0v) is 10.8. The Bertz CT molecular complexity index is 494. The quantitative estimate of drug-likeness (QED) is 0.875. The standard InChI is InChI=1S/C15H18N2O/c1-3-16-11-12-6-8-13(9-7-12)15-14(18-2)5-4-10-17-15/h4-10,16H,3,11H2,1-2H3. The molecule has 0 bridgehead atoms. The number of hydrogen-bond donors (Lipinski definition) is 1. The van der Waals surface area contributed by atoms with E-state index in [-0.39, 0.29) is 0 Å². The maximum Gasteiger partial charge on any atom is 0.145 e. The number of pyridine rings is 1. The van der Waals surface area contributed by atoms with Crippen molar-refractivity contribution in [1.29, 1.82) is 0 Å². The van der Waals surface area contributed by atoms with Crippen LogP contribution >= 0.6 is 0 Å². The fraction of sp³-hybridized carbons (Fsp3) is 0.267. The Labute approximate surface area is 108 Å². The fourth-order valence-electron chi connectivity index (χ4n) is 1.82. The van der Waals surface area contributed by atoms with E-state index in [4.69, 9.17) is 4.74 Å². The van der Waals surface area contributed by atoms with Gasteiger partial charge in [0.2, 0.25) is 0 Å². The minimum absolute atomic E-state index is 0.803. The van der Waals surface area contributed by atoms with Crippen molar-refractivity contribution >= 4 is 0 Å². The second-order valence-corrected chi connectivity index (χ2v) is 4.03. The molecule has 0 fully saturated rings. The van der Waals surface area contributed by atoms with E-state index in [1.807, 2.05) is 12.1 Å².